The molecule has 0 saturated carbocycles. The fourth-order valence-electron chi connectivity index (χ4n) is 2.59. The second-order valence-corrected chi connectivity index (χ2v) is 5.97. The van der Waals surface area contributed by atoms with E-state index >= 15 is 0 Å². The number of rotatable bonds is 1. The van der Waals surface area contributed by atoms with Crippen LogP contribution >= 0.6 is 27.3 Å². The van der Waals surface area contributed by atoms with Gasteiger partial charge in [-0.15, -0.1) is 11.3 Å². The Morgan fingerprint density at radius 3 is 3.20 bits per heavy atom. The molecule has 0 aliphatic carbocycles. The molecule has 2 saturated heterocycles. The van der Waals surface area contributed by atoms with Gasteiger partial charge in [0.05, 0.1) is 0 Å². The first-order valence-electron chi connectivity index (χ1n) is 5.42. The lowest BCUT2D eigenvalue weighted by Gasteiger charge is -2.24. The lowest BCUT2D eigenvalue weighted by atomic mass is 9.94. The number of fused-ring (bicyclic) bond motifs is 1. The average molecular weight is 288 g/mol. The van der Waals surface area contributed by atoms with Crippen molar-refractivity contribution in [2.45, 2.75) is 18.9 Å². The highest BCUT2D eigenvalue weighted by Gasteiger charge is 2.35. The summed E-state index contributed by atoms with van der Waals surface area (Å²) in [5, 5.41) is 6.84. The number of anilines is 1. The molecule has 82 valence electrons. The fourth-order valence-corrected chi connectivity index (χ4v) is 3.86. The van der Waals surface area contributed by atoms with Crippen LogP contribution in [0.4, 0.5) is 5.13 Å². The molecule has 2 unspecified atom stereocenters. The van der Waals surface area contributed by atoms with E-state index in [0.717, 1.165) is 22.2 Å². The molecule has 15 heavy (non-hydrogen) atoms. The summed E-state index contributed by atoms with van der Waals surface area (Å²) in [7, 11) is 0. The molecule has 0 radical (unpaired) electrons. The maximum Gasteiger partial charge on any atom is 0.186 e. The first kappa shape index (κ1) is 10.1. The number of hydrogen-bond acceptors (Lipinski definition) is 4. The average Bonchev–Trinajstić information content (AvgIpc) is 2.82. The Hall–Kier alpha value is -0.130. The van der Waals surface area contributed by atoms with Crippen LogP contribution in [-0.2, 0) is 0 Å². The van der Waals surface area contributed by atoms with Gasteiger partial charge in [-0.25, -0.2) is 4.98 Å². The minimum atomic E-state index is 0.696. The quantitative estimate of drug-likeness (QED) is 0.857. The number of aromatic nitrogens is 1. The van der Waals surface area contributed by atoms with Crippen molar-refractivity contribution >= 4 is 32.4 Å². The number of halogens is 1. The van der Waals surface area contributed by atoms with Gasteiger partial charge in [0.1, 0.15) is 4.60 Å². The molecular weight excluding hydrogens is 274 g/mol. The van der Waals surface area contributed by atoms with Crippen molar-refractivity contribution < 1.29 is 0 Å². The lowest BCUT2D eigenvalue weighted by molar-refractivity contribution is 0.340. The third-order valence-electron chi connectivity index (χ3n) is 3.33. The molecule has 0 bridgehead atoms. The summed E-state index contributed by atoms with van der Waals surface area (Å²) in [6.45, 7) is 3.50. The third-order valence-corrected chi connectivity index (χ3v) is 4.94. The molecular formula is C10H14BrN3S. The van der Waals surface area contributed by atoms with Gasteiger partial charge in [0.15, 0.2) is 5.13 Å². The molecule has 2 aliphatic rings. The Bertz CT molecular complexity index is 340. The summed E-state index contributed by atoms with van der Waals surface area (Å²) in [5.74, 6) is 0.835. The first-order valence-corrected chi connectivity index (χ1v) is 7.09. The summed E-state index contributed by atoms with van der Waals surface area (Å²) in [5.41, 5.74) is 0. The van der Waals surface area contributed by atoms with Gasteiger partial charge in [-0.2, -0.15) is 0 Å². The molecule has 3 nitrogen and oxygen atoms in total. The Balaban J connectivity index is 1.74. The van der Waals surface area contributed by atoms with E-state index in [-0.39, 0.29) is 0 Å². The van der Waals surface area contributed by atoms with E-state index in [4.69, 9.17) is 0 Å². The highest BCUT2D eigenvalue weighted by molar-refractivity contribution is 9.10. The van der Waals surface area contributed by atoms with E-state index in [0.29, 0.717) is 6.04 Å². The fraction of sp³-hybridized carbons (Fsp3) is 0.700. The van der Waals surface area contributed by atoms with Crippen molar-refractivity contribution in [2.75, 3.05) is 24.5 Å². The van der Waals surface area contributed by atoms with Crippen molar-refractivity contribution in [1.82, 2.24) is 10.3 Å². The molecule has 3 heterocycles. The number of nitrogens with zero attached hydrogens (tertiary/aromatic N) is 2. The molecule has 2 atom stereocenters. The topological polar surface area (TPSA) is 28.2 Å². The normalized spacial score (nSPS) is 30.6. The second-order valence-electron chi connectivity index (χ2n) is 4.32. The first-order chi connectivity index (χ1) is 7.33. The Kier molecular flexibility index (Phi) is 2.70. The van der Waals surface area contributed by atoms with Crippen LogP contribution in [0.5, 0.6) is 0 Å². The van der Waals surface area contributed by atoms with Crippen LogP contribution in [0.3, 0.4) is 0 Å². The van der Waals surface area contributed by atoms with Gasteiger partial charge in [0.25, 0.3) is 0 Å². The second kappa shape index (κ2) is 4.03. The van der Waals surface area contributed by atoms with Crippen LogP contribution < -0.4 is 10.2 Å². The Labute approximate surface area is 102 Å². The zero-order valence-corrected chi connectivity index (χ0v) is 10.9. The van der Waals surface area contributed by atoms with Crippen LogP contribution in [0.1, 0.15) is 12.8 Å². The molecule has 0 aromatic carbocycles. The number of nitrogens with one attached hydrogen (secondary N) is 1. The molecule has 1 aromatic rings. The number of piperidine rings is 1. The summed E-state index contributed by atoms with van der Waals surface area (Å²) in [6.07, 6.45) is 2.71. The standard InChI is InChI=1S/C10H14BrN3S/c11-9-6-15-10(13-9)14-4-7-2-1-3-12-8(7)5-14/h6-8,12H,1-5H2. The summed E-state index contributed by atoms with van der Waals surface area (Å²) >= 11 is 5.15. The van der Waals surface area contributed by atoms with E-state index in [1.54, 1.807) is 11.3 Å². The molecule has 1 N–H and O–H groups in total. The van der Waals surface area contributed by atoms with Crippen molar-refractivity contribution in [3.05, 3.63) is 9.98 Å². The number of thiazole rings is 1. The SMILES string of the molecule is Brc1csc(N2CC3CCCNC3C2)n1. The van der Waals surface area contributed by atoms with Crippen LogP contribution in [0.15, 0.2) is 9.98 Å². The summed E-state index contributed by atoms with van der Waals surface area (Å²) in [6, 6.07) is 0.696. The van der Waals surface area contributed by atoms with Gasteiger partial charge < -0.3 is 10.2 Å². The minimum Gasteiger partial charge on any atom is -0.346 e. The van der Waals surface area contributed by atoms with Gasteiger partial charge in [0, 0.05) is 24.5 Å². The van der Waals surface area contributed by atoms with Crippen LogP contribution in [0, 0.1) is 5.92 Å². The number of hydrogen-bond donors (Lipinski definition) is 1. The molecule has 2 fully saturated rings. The van der Waals surface area contributed by atoms with Gasteiger partial charge in [-0.1, -0.05) is 0 Å². The molecule has 5 heteroatoms. The summed E-state index contributed by atoms with van der Waals surface area (Å²) < 4.78 is 0.963. The van der Waals surface area contributed by atoms with Gasteiger partial charge in [0.2, 0.25) is 0 Å². The third kappa shape index (κ3) is 1.92. The van der Waals surface area contributed by atoms with Crippen LogP contribution in [0.2, 0.25) is 0 Å². The molecule has 2 aliphatic heterocycles. The van der Waals surface area contributed by atoms with E-state index in [2.05, 4.69) is 36.5 Å². The van der Waals surface area contributed by atoms with Crippen molar-refractivity contribution in [3.8, 4) is 0 Å². The smallest absolute Gasteiger partial charge is 0.186 e. The maximum atomic E-state index is 4.48. The van der Waals surface area contributed by atoms with E-state index < -0.39 is 0 Å². The Morgan fingerprint density at radius 2 is 2.47 bits per heavy atom. The van der Waals surface area contributed by atoms with Gasteiger partial charge in [-0.3, -0.25) is 0 Å². The predicted molar refractivity (Wildman–Crippen MR) is 66.5 cm³/mol. The van der Waals surface area contributed by atoms with Crippen molar-refractivity contribution in [3.63, 3.8) is 0 Å². The highest BCUT2D eigenvalue weighted by Crippen LogP contribution is 2.31. The lowest BCUT2D eigenvalue weighted by Crippen LogP contribution is -2.40. The molecule has 3 rings (SSSR count). The molecule has 0 amide bonds. The Morgan fingerprint density at radius 1 is 1.53 bits per heavy atom. The highest BCUT2D eigenvalue weighted by atomic mass is 79.9. The monoisotopic (exact) mass is 287 g/mol. The molecule has 1 aromatic heterocycles. The largest absolute Gasteiger partial charge is 0.346 e. The van der Waals surface area contributed by atoms with Crippen molar-refractivity contribution in [2.24, 2.45) is 5.92 Å². The zero-order valence-electron chi connectivity index (χ0n) is 8.45. The minimum absolute atomic E-state index is 0.696. The summed E-state index contributed by atoms with van der Waals surface area (Å²) in [4.78, 5) is 6.90. The van der Waals surface area contributed by atoms with E-state index in [1.165, 1.54) is 25.9 Å². The van der Waals surface area contributed by atoms with Crippen LogP contribution in [0.25, 0.3) is 0 Å². The molecule has 0 spiro atoms. The van der Waals surface area contributed by atoms with Gasteiger partial charge >= 0.3 is 0 Å². The van der Waals surface area contributed by atoms with E-state index in [1.807, 2.05) is 0 Å². The van der Waals surface area contributed by atoms with E-state index in [9.17, 15) is 0 Å². The van der Waals surface area contributed by atoms with Crippen LogP contribution in [-0.4, -0.2) is 30.7 Å². The van der Waals surface area contributed by atoms with Crippen molar-refractivity contribution in [1.29, 1.82) is 0 Å². The van der Waals surface area contributed by atoms with Gasteiger partial charge in [-0.05, 0) is 41.2 Å². The zero-order chi connectivity index (χ0) is 10.3. The maximum absolute atomic E-state index is 4.48. The predicted octanol–water partition coefficient (Wildman–Crippen LogP) is 2.09.